The molecule has 0 radical (unpaired) electrons. The zero-order valence-electron chi connectivity index (χ0n) is 7.58. The van der Waals surface area contributed by atoms with Gasteiger partial charge >= 0.3 is 0 Å². The molecule has 1 rings (SSSR count). The Morgan fingerprint density at radius 2 is 2.09 bits per heavy atom. The van der Waals surface area contributed by atoms with E-state index >= 15 is 0 Å². The van der Waals surface area contributed by atoms with E-state index in [2.05, 4.69) is 19.0 Å². The first kappa shape index (κ1) is 9.01. The van der Waals surface area contributed by atoms with Crippen molar-refractivity contribution in [2.45, 2.75) is 31.8 Å². The van der Waals surface area contributed by atoms with Crippen molar-refractivity contribution in [1.82, 2.24) is 4.90 Å². The van der Waals surface area contributed by atoms with Crippen LogP contribution in [-0.4, -0.2) is 36.8 Å². The van der Waals surface area contributed by atoms with E-state index in [4.69, 9.17) is 0 Å². The molecule has 0 aliphatic heterocycles. The van der Waals surface area contributed by atoms with Crippen LogP contribution in [0.25, 0.3) is 0 Å². The maximum absolute atomic E-state index is 9.37. The van der Waals surface area contributed by atoms with Crippen LogP contribution < -0.4 is 0 Å². The van der Waals surface area contributed by atoms with Crippen molar-refractivity contribution in [3.8, 4) is 0 Å². The van der Waals surface area contributed by atoms with Gasteiger partial charge in [0.15, 0.2) is 0 Å². The topological polar surface area (TPSA) is 23.5 Å². The second-order valence-electron chi connectivity index (χ2n) is 3.95. The predicted molar refractivity (Wildman–Crippen MR) is 46.5 cm³/mol. The SMILES string of the molecule is CN(C)CC1CCCC(O)C1. The third-order valence-corrected chi connectivity index (χ3v) is 2.38. The molecule has 0 aromatic rings. The number of hydrogen-bond acceptors (Lipinski definition) is 2. The third-order valence-electron chi connectivity index (χ3n) is 2.38. The highest BCUT2D eigenvalue weighted by Gasteiger charge is 2.19. The van der Waals surface area contributed by atoms with Crippen LogP contribution in [0.2, 0.25) is 0 Å². The van der Waals surface area contributed by atoms with Crippen molar-refractivity contribution in [3.63, 3.8) is 0 Å². The van der Waals surface area contributed by atoms with E-state index in [0.29, 0.717) is 0 Å². The van der Waals surface area contributed by atoms with E-state index in [9.17, 15) is 5.11 Å². The van der Waals surface area contributed by atoms with Crippen LogP contribution in [0.5, 0.6) is 0 Å². The van der Waals surface area contributed by atoms with Crippen LogP contribution in [0.15, 0.2) is 0 Å². The summed E-state index contributed by atoms with van der Waals surface area (Å²) < 4.78 is 0. The molecule has 66 valence electrons. The van der Waals surface area contributed by atoms with E-state index in [1.54, 1.807) is 0 Å². The number of aliphatic hydroxyl groups is 1. The minimum Gasteiger partial charge on any atom is -0.393 e. The summed E-state index contributed by atoms with van der Waals surface area (Å²) in [6.07, 6.45) is 4.52. The van der Waals surface area contributed by atoms with E-state index < -0.39 is 0 Å². The van der Waals surface area contributed by atoms with Crippen LogP contribution in [0.1, 0.15) is 25.7 Å². The average Bonchev–Trinajstić information content (AvgIpc) is 1.85. The van der Waals surface area contributed by atoms with Crippen molar-refractivity contribution in [1.29, 1.82) is 0 Å². The van der Waals surface area contributed by atoms with Crippen LogP contribution >= 0.6 is 0 Å². The lowest BCUT2D eigenvalue weighted by atomic mass is 9.87. The summed E-state index contributed by atoms with van der Waals surface area (Å²) in [5.74, 6) is 0.730. The Morgan fingerprint density at radius 1 is 1.36 bits per heavy atom. The van der Waals surface area contributed by atoms with E-state index in [0.717, 1.165) is 25.3 Å². The standard InChI is InChI=1S/C9H19NO/c1-10(2)7-8-4-3-5-9(11)6-8/h8-9,11H,3-7H2,1-2H3. The smallest absolute Gasteiger partial charge is 0.0543 e. The molecule has 1 saturated carbocycles. The summed E-state index contributed by atoms with van der Waals surface area (Å²) in [5.41, 5.74) is 0. The van der Waals surface area contributed by atoms with E-state index in [-0.39, 0.29) is 6.10 Å². The zero-order chi connectivity index (χ0) is 8.27. The van der Waals surface area contributed by atoms with Crippen molar-refractivity contribution >= 4 is 0 Å². The highest BCUT2D eigenvalue weighted by Crippen LogP contribution is 2.24. The van der Waals surface area contributed by atoms with Gasteiger partial charge in [-0.2, -0.15) is 0 Å². The number of aliphatic hydroxyl groups excluding tert-OH is 1. The summed E-state index contributed by atoms with van der Waals surface area (Å²) in [4.78, 5) is 2.21. The van der Waals surface area contributed by atoms with E-state index in [1.807, 2.05) is 0 Å². The molecule has 1 aliphatic rings. The molecule has 0 saturated heterocycles. The van der Waals surface area contributed by atoms with E-state index in [1.165, 1.54) is 12.8 Å². The largest absolute Gasteiger partial charge is 0.393 e. The fourth-order valence-electron chi connectivity index (χ4n) is 1.94. The second-order valence-corrected chi connectivity index (χ2v) is 3.95. The van der Waals surface area contributed by atoms with Gasteiger partial charge in [-0.05, 0) is 39.3 Å². The highest BCUT2D eigenvalue weighted by molar-refractivity contribution is 4.73. The second kappa shape index (κ2) is 4.07. The summed E-state index contributed by atoms with van der Waals surface area (Å²) in [6.45, 7) is 1.14. The minimum atomic E-state index is -0.0197. The molecule has 11 heavy (non-hydrogen) atoms. The Bertz CT molecular complexity index is 112. The van der Waals surface area contributed by atoms with Crippen molar-refractivity contribution in [2.75, 3.05) is 20.6 Å². The fourth-order valence-corrected chi connectivity index (χ4v) is 1.94. The quantitative estimate of drug-likeness (QED) is 0.649. The minimum absolute atomic E-state index is 0.0197. The Labute approximate surface area is 69.2 Å². The maximum atomic E-state index is 9.37. The molecule has 0 amide bonds. The molecule has 1 fully saturated rings. The number of nitrogens with zero attached hydrogens (tertiary/aromatic N) is 1. The first-order chi connectivity index (χ1) is 5.18. The van der Waals surface area contributed by atoms with Gasteiger partial charge in [0.2, 0.25) is 0 Å². The average molecular weight is 157 g/mol. The molecule has 1 aliphatic carbocycles. The lowest BCUT2D eigenvalue weighted by Gasteiger charge is -2.27. The van der Waals surface area contributed by atoms with Gasteiger partial charge in [-0.15, -0.1) is 0 Å². The molecule has 2 atom stereocenters. The predicted octanol–water partition coefficient (Wildman–Crippen LogP) is 1.10. The highest BCUT2D eigenvalue weighted by atomic mass is 16.3. The monoisotopic (exact) mass is 157 g/mol. The maximum Gasteiger partial charge on any atom is 0.0543 e. The fraction of sp³-hybridized carbons (Fsp3) is 1.00. The van der Waals surface area contributed by atoms with Crippen molar-refractivity contribution in [2.24, 2.45) is 5.92 Å². The molecule has 2 heteroatoms. The molecule has 0 heterocycles. The van der Waals surface area contributed by atoms with Gasteiger partial charge in [0, 0.05) is 6.54 Å². The van der Waals surface area contributed by atoms with Crippen molar-refractivity contribution < 1.29 is 5.11 Å². The van der Waals surface area contributed by atoms with Gasteiger partial charge in [-0.3, -0.25) is 0 Å². The van der Waals surface area contributed by atoms with Gasteiger partial charge < -0.3 is 10.0 Å². The Balaban J connectivity index is 2.23. The summed E-state index contributed by atoms with van der Waals surface area (Å²) in [6, 6.07) is 0. The van der Waals surface area contributed by atoms with Crippen molar-refractivity contribution in [3.05, 3.63) is 0 Å². The van der Waals surface area contributed by atoms with Crippen LogP contribution in [-0.2, 0) is 0 Å². The molecule has 2 nitrogen and oxygen atoms in total. The van der Waals surface area contributed by atoms with Gasteiger partial charge in [0.1, 0.15) is 0 Å². The normalized spacial score (nSPS) is 32.7. The van der Waals surface area contributed by atoms with Crippen LogP contribution in [0, 0.1) is 5.92 Å². The number of hydrogen-bond donors (Lipinski definition) is 1. The van der Waals surface area contributed by atoms with Crippen LogP contribution in [0.4, 0.5) is 0 Å². The molecule has 0 spiro atoms. The molecule has 1 N–H and O–H groups in total. The van der Waals surface area contributed by atoms with Gasteiger partial charge in [0.05, 0.1) is 6.10 Å². The summed E-state index contributed by atoms with van der Waals surface area (Å²) >= 11 is 0. The molecule has 2 unspecified atom stereocenters. The third kappa shape index (κ3) is 3.21. The Hall–Kier alpha value is -0.0800. The zero-order valence-corrected chi connectivity index (χ0v) is 7.58. The number of rotatable bonds is 2. The molecule has 0 bridgehead atoms. The summed E-state index contributed by atoms with van der Waals surface area (Å²) in [5, 5.41) is 9.37. The molecule has 0 aromatic heterocycles. The first-order valence-corrected chi connectivity index (χ1v) is 4.51. The van der Waals surface area contributed by atoms with Crippen LogP contribution in [0.3, 0.4) is 0 Å². The lowest BCUT2D eigenvalue weighted by molar-refractivity contribution is 0.0913. The van der Waals surface area contributed by atoms with Gasteiger partial charge in [0.25, 0.3) is 0 Å². The summed E-state index contributed by atoms with van der Waals surface area (Å²) in [7, 11) is 4.20. The van der Waals surface area contributed by atoms with Gasteiger partial charge in [-0.25, -0.2) is 0 Å². The molecule has 0 aromatic carbocycles. The molecular formula is C9H19NO. The molecular weight excluding hydrogens is 138 g/mol. The lowest BCUT2D eigenvalue weighted by Crippen LogP contribution is -2.28. The first-order valence-electron chi connectivity index (χ1n) is 4.51. The Morgan fingerprint density at radius 3 is 2.64 bits per heavy atom. The van der Waals surface area contributed by atoms with Gasteiger partial charge in [-0.1, -0.05) is 6.42 Å². The Kier molecular flexibility index (Phi) is 3.34.